The molecular formula is C23H27BNO. The number of carbonyl (C=O) groups excluding carboxylic acids is 1. The van der Waals surface area contributed by atoms with Crippen LogP contribution < -0.4 is 0 Å². The van der Waals surface area contributed by atoms with Gasteiger partial charge in [0.05, 0.1) is 5.70 Å². The quantitative estimate of drug-likeness (QED) is 0.645. The predicted octanol–water partition coefficient (Wildman–Crippen LogP) is 5.64. The summed E-state index contributed by atoms with van der Waals surface area (Å²) in [6.45, 7) is 9.80. The number of rotatable bonds is 5. The molecule has 0 fully saturated rings. The molecule has 0 N–H and O–H groups in total. The van der Waals surface area contributed by atoms with Crippen LogP contribution in [0.15, 0.2) is 53.5 Å². The van der Waals surface area contributed by atoms with E-state index in [1.165, 1.54) is 11.1 Å². The van der Waals surface area contributed by atoms with Crippen molar-refractivity contribution >= 4 is 29.8 Å². The lowest BCUT2D eigenvalue weighted by atomic mass is 9.62. The zero-order valence-electron chi connectivity index (χ0n) is 16.5. The number of benzene rings is 2. The van der Waals surface area contributed by atoms with E-state index >= 15 is 0 Å². The van der Waals surface area contributed by atoms with Crippen molar-refractivity contribution in [2.24, 2.45) is 4.99 Å². The first-order valence-corrected chi connectivity index (χ1v) is 9.33. The SMILES string of the molecule is CC.CC(=O)CCC1=NC(c2ccc(C)cc2)=C(c2ccc(C)cc2)[B]1. The Morgan fingerprint density at radius 2 is 1.38 bits per heavy atom. The van der Waals surface area contributed by atoms with Gasteiger partial charge in [-0.05, 0) is 49.4 Å². The molecule has 1 radical (unpaired) electrons. The predicted molar refractivity (Wildman–Crippen MR) is 114 cm³/mol. The largest absolute Gasteiger partial charge is 0.300 e. The molecule has 0 bridgehead atoms. The van der Waals surface area contributed by atoms with Crippen LogP contribution in [0.4, 0.5) is 0 Å². The van der Waals surface area contributed by atoms with Crippen molar-refractivity contribution in [1.29, 1.82) is 0 Å². The lowest BCUT2D eigenvalue weighted by Crippen LogP contribution is -2.08. The van der Waals surface area contributed by atoms with E-state index < -0.39 is 0 Å². The number of ketones is 1. The van der Waals surface area contributed by atoms with Gasteiger partial charge in [0.15, 0.2) is 0 Å². The van der Waals surface area contributed by atoms with E-state index in [-0.39, 0.29) is 5.78 Å². The number of hydrogen-bond donors (Lipinski definition) is 0. The fraction of sp³-hybridized carbons (Fsp3) is 0.304. The van der Waals surface area contributed by atoms with E-state index in [1.54, 1.807) is 6.92 Å². The van der Waals surface area contributed by atoms with Gasteiger partial charge in [-0.15, -0.1) is 0 Å². The lowest BCUT2D eigenvalue weighted by molar-refractivity contribution is -0.116. The zero-order valence-corrected chi connectivity index (χ0v) is 16.5. The highest BCUT2D eigenvalue weighted by molar-refractivity contribution is 6.93. The molecule has 1 aliphatic heterocycles. The fourth-order valence-electron chi connectivity index (χ4n) is 2.79. The molecule has 2 aromatic rings. The van der Waals surface area contributed by atoms with Crippen LogP contribution in [0.5, 0.6) is 0 Å². The molecule has 0 aromatic heterocycles. The number of aliphatic imine (C=N–C) groups is 1. The number of carbonyl (C=O) groups is 1. The molecule has 26 heavy (non-hydrogen) atoms. The normalized spacial score (nSPS) is 12.9. The van der Waals surface area contributed by atoms with Gasteiger partial charge in [-0.2, -0.15) is 0 Å². The Bertz CT molecular complexity index is 814. The minimum Gasteiger partial charge on any atom is -0.300 e. The smallest absolute Gasteiger partial charge is 0.215 e. The van der Waals surface area contributed by atoms with Gasteiger partial charge in [-0.3, -0.25) is 4.99 Å². The van der Waals surface area contributed by atoms with Crippen molar-refractivity contribution in [2.75, 3.05) is 0 Å². The second kappa shape index (κ2) is 9.33. The minimum atomic E-state index is 0.201. The molecule has 3 heteroatoms. The minimum absolute atomic E-state index is 0.201. The highest BCUT2D eigenvalue weighted by atomic mass is 16.1. The second-order valence-electron chi connectivity index (χ2n) is 6.44. The van der Waals surface area contributed by atoms with Gasteiger partial charge in [-0.25, -0.2) is 0 Å². The maximum absolute atomic E-state index is 11.3. The summed E-state index contributed by atoms with van der Waals surface area (Å²) in [5.41, 5.74) is 7.88. The van der Waals surface area contributed by atoms with Gasteiger partial charge in [0.2, 0.25) is 7.28 Å². The molecule has 1 heterocycles. The molecule has 0 amide bonds. The molecule has 0 atom stereocenters. The topological polar surface area (TPSA) is 29.4 Å². The van der Waals surface area contributed by atoms with Crippen molar-refractivity contribution in [3.8, 4) is 0 Å². The Balaban J connectivity index is 0.00000117. The van der Waals surface area contributed by atoms with Gasteiger partial charge >= 0.3 is 0 Å². The first-order valence-electron chi connectivity index (χ1n) is 9.33. The van der Waals surface area contributed by atoms with Gasteiger partial charge in [0.1, 0.15) is 5.78 Å². The van der Waals surface area contributed by atoms with Crippen molar-refractivity contribution in [2.45, 2.75) is 47.5 Å². The number of hydrogen-bond acceptors (Lipinski definition) is 2. The molecule has 0 spiro atoms. The maximum Gasteiger partial charge on any atom is 0.215 e. The van der Waals surface area contributed by atoms with Crippen LogP contribution >= 0.6 is 0 Å². The Morgan fingerprint density at radius 1 is 0.885 bits per heavy atom. The molecule has 0 saturated carbocycles. The van der Waals surface area contributed by atoms with E-state index in [4.69, 9.17) is 4.99 Å². The first kappa shape index (κ1) is 19.9. The van der Waals surface area contributed by atoms with Crippen molar-refractivity contribution in [1.82, 2.24) is 0 Å². The van der Waals surface area contributed by atoms with Gasteiger partial charge < -0.3 is 4.79 Å². The summed E-state index contributed by atoms with van der Waals surface area (Å²) >= 11 is 0. The molecule has 0 saturated heterocycles. The van der Waals surface area contributed by atoms with E-state index in [0.29, 0.717) is 12.8 Å². The van der Waals surface area contributed by atoms with Crippen LogP contribution in [-0.2, 0) is 4.79 Å². The van der Waals surface area contributed by atoms with Crippen LogP contribution in [0.25, 0.3) is 11.2 Å². The van der Waals surface area contributed by atoms with Gasteiger partial charge in [0.25, 0.3) is 0 Å². The van der Waals surface area contributed by atoms with Crippen LogP contribution in [0, 0.1) is 13.8 Å². The first-order chi connectivity index (χ1) is 12.5. The number of Topliss-reactive ketones (excluding diaryl/α,β-unsaturated/α-hetero) is 1. The Hall–Kier alpha value is -2.42. The molecule has 2 aromatic carbocycles. The average Bonchev–Trinajstić information content (AvgIpc) is 3.07. The maximum atomic E-state index is 11.3. The van der Waals surface area contributed by atoms with E-state index in [9.17, 15) is 4.79 Å². The van der Waals surface area contributed by atoms with E-state index in [0.717, 1.165) is 27.9 Å². The summed E-state index contributed by atoms with van der Waals surface area (Å²) in [4.78, 5) is 16.1. The summed E-state index contributed by atoms with van der Waals surface area (Å²) < 4.78 is 0. The Labute approximate surface area is 158 Å². The van der Waals surface area contributed by atoms with Crippen LogP contribution in [0.2, 0.25) is 0 Å². The summed E-state index contributed by atoms with van der Waals surface area (Å²) in [6.07, 6.45) is 1.23. The standard InChI is InChI=1S/C21H21BNO.C2H6/c1-14-4-9-17(10-5-14)20-21(18-11-6-15(2)7-12-18)23-19(22-20)13-8-16(3)24;1-2/h4-7,9-12H,8,13H2,1-3H3;1-2H3. The summed E-state index contributed by atoms with van der Waals surface area (Å²) in [5, 5.41) is 0. The second-order valence-corrected chi connectivity index (χ2v) is 6.44. The zero-order chi connectivity index (χ0) is 19.1. The molecular weight excluding hydrogens is 317 g/mol. The van der Waals surface area contributed by atoms with Crippen molar-refractivity contribution in [3.63, 3.8) is 0 Å². The fourth-order valence-corrected chi connectivity index (χ4v) is 2.79. The van der Waals surface area contributed by atoms with Gasteiger partial charge in [-0.1, -0.05) is 73.5 Å². The third-order valence-corrected chi connectivity index (χ3v) is 4.24. The summed E-state index contributed by atoms with van der Waals surface area (Å²) in [6, 6.07) is 17.0. The molecule has 0 aliphatic carbocycles. The molecule has 3 rings (SSSR count). The van der Waals surface area contributed by atoms with E-state index in [2.05, 4.69) is 69.7 Å². The average molecular weight is 344 g/mol. The van der Waals surface area contributed by atoms with Crippen LogP contribution in [0.1, 0.15) is 55.9 Å². The Kier molecular flexibility index (Phi) is 7.14. The lowest BCUT2D eigenvalue weighted by Gasteiger charge is -2.08. The highest BCUT2D eigenvalue weighted by Gasteiger charge is 2.22. The monoisotopic (exact) mass is 344 g/mol. The summed E-state index contributed by atoms with van der Waals surface area (Å²) in [7, 11) is 2.13. The number of aryl methyl sites for hydroxylation is 2. The third kappa shape index (κ3) is 5.04. The molecule has 2 nitrogen and oxygen atoms in total. The molecule has 0 unspecified atom stereocenters. The van der Waals surface area contributed by atoms with Crippen LogP contribution in [0.3, 0.4) is 0 Å². The summed E-state index contributed by atoms with van der Waals surface area (Å²) in [5.74, 6) is 0.201. The third-order valence-electron chi connectivity index (χ3n) is 4.24. The van der Waals surface area contributed by atoms with Crippen molar-refractivity contribution in [3.05, 3.63) is 70.8 Å². The molecule has 133 valence electrons. The Morgan fingerprint density at radius 3 is 1.88 bits per heavy atom. The van der Waals surface area contributed by atoms with Gasteiger partial charge in [0, 0.05) is 6.42 Å². The van der Waals surface area contributed by atoms with E-state index in [1.807, 2.05) is 13.8 Å². The molecule has 1 aliphatic rings. The number of nitrogens with zero attached hydrogens (tertiary/aromatic N) is 1. The van der Waals surface area contributed by atoms with Crippen molar-refractivity contribution < 1.29 is 4.79 Å². The highest BCUT2D eigenvalue weighted by Crippen LogP contribution is 2.32. The van der Waals surface area contributed by atoms with Crippen LogP contribution in [-0.4, -0.2) is 18.7 Å².